The first-order valence-electron chi connectivity index (χ1n) is 12.0. The first-order chi connectivity index (χ1) is 17.8. The third-order valence-electron chi connectivity index (χ3n) is 7.01. The SMILES string of the molecule is COc1ccc(N2C(=S)N[C@H](c3ccccn3)[C@@H]2c2cc(C)n(-c3cccc(Cl)c3C)c2C)c(OC)c1. The molecule has 1 aliphatic heterocycles. The van der Waals surface area contributed by atoms with E-state index in [-0.39, 0.29) is 12.1 Å². The molecule has 3 heterocycles. The number of aryl methyl sites for hydroxylation is 1. The molecule has 8 heteroatoms. The maximum atomic E-state index is 6.50. The van der Waals surface area contributed by atoms with Crippen molar-refractivity contribution < 1.29 is 9.47 Å². The molecule has 0 bridgehead atoms. The second-order valence-corrected chi connectivity index (χ2v) is 9.87. The molecule has 190 valence electrons. The summed E-state index contributed by atoms with van der Waals surface area (Å²) in [5, 5.41) is 4.89. The number of nitrogens with one attached hydrogen (secondary N) is 1. The lowest BCUT2D eigenvalue weighted by molar-refractivity contribution is 0.394. The van der Waals surface area contributed by atoms with E-state index in [1.807, 2.05) is 61.7 Å². The molecule has 1 fully saturated rings. The summed E-state index contributed by atoms with van der Waals surface area (Å²) in [6.45, 7) is 6.31. The fourth-order valence-corrected chi connectivity index (χ4v) is 5.72. The van der Waals surface area contributed by atoms with Gasteiger partial charge in [-0.15, -0.1) is 0 Å². The molecule has 0 spiro atoms. The zero-order valence-corrected chi connectivity index (χ0v) is 23.0. The van der Waals surface area contributed by atoms with Crippen molar-refractivity contribution in [2.24, 2.45) is 0 Å². The largest absolute Gasteiger partial charge is 0.497 e. The average Bonchev–Trinajstić information content (AvgIpc) is 3.40. The molecule has 2 aromatic heterocycles. The van der Waals surface area contributed by atoms with Crippen LogP contribution >= 0.6 is 23.8 Å². The Morgan fingerprint density at radius 3 is 2.46 bits per heavy atom. The number of methoxy groups -OCH3 is 2. The maximum Gasteiger partial charge on any atom is 0.174 e. The van der Waals surface area contributed by atoms with Gasteiger partial charge in [0.05, 0.1) is 37.7 Å². The van der Waals surface area contributed by atoms with Crippen molar-refractivity contribution in [1.29, 1.82) is 0 Å². The van der Waals surface area contributed by atoms with Crippen molar-refractivity contribution in [2.75, 3.05) is 19.1 Å². The number of ether oxygens (including phenoxy) is 2. The van der Waals surface area contributed by atoms with Crippen LogP contribution in [-0.4, -0.2) is 28.9 Å². The van der Waals surface area contributed by atoms with Gasteiger partial charge in [-0.2, -0.15) is 0 Å². The van der Waals surface area contributed by atoms with E-state index in [1.165, 1.54) is 0 Å². The molecule has 1 aliphatic rings. The summed E-state index contributed by atoms with van der Waals surface area (Å²) in [4.78, 5) is 6.82. The molecule has 2 aromatic carbocycles. The second-order valence-electron chi connectivity index (χ2n) is 9.08. The Labute approximate surface area is 227 Å². The lowest BCUT2D eigenvalue weighted by Gasteiger charge is -2.29. The number of benzene rings is 2. The van der Waals surface area contributed by atoms with Gasteiger partial charge in [-0.25, -0.2) is 0 Å². The van der Waals surface area contributed by atoms with Crippen molar-refractivity contribution in [3.05, 3.63) is 100 Å². The lowest BCUT2D eigenvalue weighted by atomic mass is 9.96. The van der Waals surface area contributed by atoms with Gasteiger partial charge in [-0.3, -0.25) is 4.98 Å². The molecule has 0 amide bonds. The highest BCUT2D eigenvalue weighted by Gasteiger charge is 2.43. The molecule has 0 aliphatic carbocycles. The van der Waals surface area contributed by atoms with E-state index in [9.17, 15) is 0 Å². The van der Waals surface area contributed by atoms with E-state index in [0.717, 1.165) is 44.6 Å². The first kappa shape index (κ1) is 25.1. The molecule has 0 radical (unpaired) electrons. The molecular formula is C29H29ClN4O2S. The minimum absolute atomic E-state index is 0.171. The fraction of sp³-hybridized carbons (Fsp3) is 0.241. The van der Waals surface area contributed by atoms with Gasteiger partial charge in [-0.1, -0.05) is 23.7 Å². The standard InChI is InChI=1S/C29H29ClN4O2S/c1-17-15-21(19(3)33(17)24-11-8-9-22(30)18(24)2)28-27(23-10-6-7-14-31-23)32-29(37)34(28)25-13-12-20(35-4)16-26(25)36-5/h6-16,27-28H,1-5H3,(H,32,37)/t27-,28+/m1/s1. The normalized spacial score (nSPS) is 17.1. The van der Waals surface area contributed by atoms with Gasteiger partial charge in [0.1, 0.15) is 11.5 Å². The van der Waals surface area contributed by atoms with Crippen molar-refractivity contribution in [3.8, 4) is 17.2 Å². The number of rotatable bonds is 6. The Kier molecular flexibility index (Phi) is 6.84. The van der Waals surface area contributed by atoms with Crippen LogP contribution in [0.5, 0.6) is 11.5 Å². The molecule has 1 saturated heterocycles. The number of anilines is 1. The molecule has 6 nitrogen and oxygen atoms in total. The van der Waals surface area contributed by atoms with Crippen LogP contribution in [0.2, 0.25) is 5.02 Å². The maximum absolute atomic E-state index is 6.50. The van der Waals surface area contributed by atoms with Crippen LogP contribution in [0.4, 0.5) is 5.69 Å². The van der Waals surface area contributed by atoms with Crippen LogP contribution in [0.1, 0.15) is 40.3 Å². The van der Waals surface area contributed by atoms with E-state index in [2.05, 4.69) is 45.7 Å². The molecular weight excluding hydrogens is 504 g/mol. The van der Waals surface area contributed by atoms with Crippen LogP contribution in [0.15, 0.2) is 66.9 Å². The van der Waals surface area contributed by atoms with Crippen molar-refractivity contribution >= 4 is 34.6 Å². The van der Waals surface area contributed by atoms with Crippen LogP contribution in [-0.2, 0) is 0 Å². The summed E-state index contributed by atoms with van der Waals surface area (Å²) >= 11 is 12.4. The number of aromatic nitrogens is 2. The summed E-state index contributed by atoms with van der Waals surface area (Å²) in [6.07, 6.45) is 1.81. The predicted octanol–water partition coefficient (Wildman–Crippen LogP) is 6.65. The molecule has 4 aromatic rings. The lowest BCUT2D eigenvalue weighted by Crippen LogP contribution is -2.30. The minimum atomic E-state index is -0.177. The van der Waals surface area contributed by atoms with E-state index in [0.29, 0.717) is 16.6 Å². The summed E-state index contributed by atoms with van der Waals surface area (Å²) in [7, 11) is 3.30. The fourth-order valence-electron chi connectivity index (χ4n) is 5.21. The van der Waals surface area contributed by atoms with Gasteiger partial charge in [0.25, 0.3) is 0 Å². The van der Waals surface area contributed by atoms with Gasteiger partial charge in [0, 0.05) is 34.4 Å². The Morgan fingerprint density at radius 1 is 0.946 bits per heavy atom. The summed E-state index contributed by atoms with van der Waals surface area (Å²) in [6, 6.07) is 19.6. The van der Waals surface area contributed by atoms with Crippen LogP contribution in [0, 0.1) is 20.8 Å². The topological polar surface area (TPSA) is 51.5 Å². The number of thiocarbonyl (C=S) groups is 1. The van der Waals surface area contributed by atoms with Gasteiger partial charge in [0.2, 0.25) is 0 Å². The van der Waals surface area contributed by atoms with Gasteiger partial charge in [0.15, 0.2) is 5.11 Å². The van der Waals surface area contributed by atoms with Crippen LogP contribution in [0.3, 0.4) is 0 Å². The highest BCUT2D eigenvalue weighted by atomic mass is 35.5. The number of pyridine rings is 1. The van der Waals surface area contributed by atoms with Crippen LogP contribution in [0.25, 0.3) is 5.69 Å². The number of hydrogen-bond acceptors (Lipinski definition) is 4. The quantitative estimate of drug-likeness (QED) is 0.281. The minimum Gasteiger partial charge on any atom is -0.497 e. The Hall–Kier alpha value is -3.55. The van der Waals surface area contributed by atoms with Gasteiger partial charge in [-0.05, 0) is 86.6 Å². The Balaban J connectivity index is 1.72. The van der Waals surface area contributed by atoms with E-state index in [1.54, 1.807) is 14.2 Å². The van der Waals surface area contributed by atoms with Crippen LogP contribution < -0.4 is 19.7 Å². The molecule has 1 N–H and O–H groups in total. The summed E-state index contributed by atoms with van der Waals surface area (Å²) < 4.78 is 13.5. The first-order valence-corrected chi connectivity index (χ1v) is 12.8. The van der Waals surface area contributed by atoms with E-state index in [4.69, 9.17) is 33.3 Å². The molecule has 0 saturated carbocycles. The predicted molar refractivity (Wildman–Crippen MR) is 152 cm³/mol. The zero-order chi connectivity index (χ0) is 26.3. The highest BCUT2D eigenvalue weighted by molar-refractivity contribution is 7.80. The summed E-state index contributed by atoms with van der Waals surface area (Å²) in [5.41, 5.74) is 7.21. The number of halogens is 1. The van der Waals surface area contributed by atoms with Crippen molar-refractivity contribution in [3.63, 3.8) is 0 Å². The van der Waals surface area contributed by atoms with E-state index >= 15 is 0 Å². The smallest absolute Gasteiger partial charge is 0.174 e. The van der Waals surface area contributed by atoms with Crippen molar-refractivity contribution in [2.45, 2.75) is 32.9 Å². The molecule has 37 heavy (non-hydrogen) atoms. The van der Waals surface area contributed by atoms with Gasteiger partial charge < -0.3 is 24.3 Å². The van der Waals surface area contributed by atoms with E-state index < -0.39 is 0 Å². The summed E-state index contributed by atoms with van der Waals surface area (Å²) in [5.74, 6) is 1.39. The second kappa shape index (κ2) is 10.1. The van der Waals surface area contributed by atoms with Gasteiger partial charge >= 0.3 is 0 Å². The van der Waals surface area contributed by atoms with Crippen molar-refractivity contribution in [1.82, 2.24) is 14.9 Å². The highest BCUT2D eigenvalue weighted by Crippen LogP contribution is 2.47. The zero-order valence-electron chi connectivity index (χ0n) is 21.4. The number of hydrogen-bond donors (Lipinski definition) is 1. The third-order valence-corrected chi connectivity index (χ3v) is 7.74. The third kappa shape index (κ3) is 4.32. The monoisotopic (exact) mass is 532 g/mol. The molecule has 2 atom stereocenters. The Morgan fingerprint density at radius 2 is 1.76 bits per heavy atom. The number of nitrogens with zero attached hydrogens (tertiary/aromatic N) is 3. The average molecular weight is 533 g/mol. The molecule has 0 unspecified atom stereocenters. The molecule has 5 rings (SSSR count). The Bertz CT molecular complexity index is 1470.